The van der Waals surface area contributed by atoms with Crippen molar-refractivity contribution in [2.75, 3.05) is 31.1 Å². The van der Waals surface area contributed by atoms with Crippen LogP contribution in [0.2, 0.25) is 5.15 Å². The van der Waals surface area contributed by atoms with E-state index in [0.717, 1.165) is 25.7 Å². The highest BCUT2D eigenvalue weighted by molar-refractivity contribution is 6.31. The predicted octanol–water partition coefficient (Wildman–Crippen LogP) is -0.426. The van der Waals surface area contributed by atoms with Gasteiger partial charge in [-0.15, -0.1) is 0 Å². The van der Waals surface area contributed by atoms with Gasteiger partial charge in [0.05, 0.1) is 0 Å². The van der Waals surface area contributed by atoms with Crippen LogP contribution < -0.4 is 33.2 Å². The molecule has 1 aromatic heterocycles. The van der Waals surface area contributed by atoms with Crippen molar-refractivity contribution in [2.24, 2.45) is 5.73 Å². The maximum atomic E-state index is 12.0. The number of rotatable bonds is 10. The molecule has 2 amide bonds. The van der Waals surface area contributed by atoms with E-state index in [2.05, 4.69) is 25.9 Å². The van der Waals surface area contributed by atoms with E-state index in [1.54, 1.807) is 0 Å². The fourth-order valence-electron chi connectivity index (χ4n) is 2.09. The fraction of sp³-hybridized carbons (Fsp3) is 0.533. The van der Waals surface area contributed by atoms with Gasteiger partial charge in [0, 0.05) is 26.1 Å². The molecule has 0 unspecified atom stereocenters. The molecule has 10 N–H and O–H groups in total. The van der Waals surface area contributed by atoms with Gasteiger partial charge in [-0.05, 0) is 12.8 Å². The largest absolute Gasteiger partial charge is 0.382 e. The average Bonchev–Trinajstić information content (AvgIpc) is 2.60. The molecular weight excluding hydrogens is 374 g/mol. The third kappa shape index (κ3) is 8.51. The van der Waals surface area contributed by atoms with E-state index in [9.17, 15) is 9.59 Å². The Labute approximate surface area is 162 Å². The number of hydrogen-bond donors (Lipinski definition) is 7. The van der Waals surface area contributed by atoms with Crippen LogP contribution in [0.4, 0.5) is 11.6 Å². The van der Waals surface area contributed by atoms with Gasteiger partial charge in [0.25, 0.3) is 5.91 Å². The van der Waals surface area contributed by atoms with Crippen LogP contribution in [0.15, 0.2) is 0 Å². The monoisotopic (exact) mass is 399 g/mol. The Bertz CT molecular complexity index is 669. The summed E-state index contributed by atoms with van der Waals surface area (Å²) in [6, 6.07) is 0. The summed E-state index contributed by atoms with van der Waals surface area (Å²) in [5.74, 6) is -1.15. The quantitative estimate of drug-likeness (QED) is 0.156. The molecule has 1 heterocycles. The van der Waals surface area contributed by atoms with Gasteiger partial charge < -0.3 is 27.8 Å². The molecule has 0 aliphatic heterocycles. The van der Waals surface area contributed by atoms with Crippen molar-refractivity contribution >= 4 is 41.0 Å². The van der Waals surface area contributed by atoms with Crippen molar-refractivity contribution in [3.8, 4) is 0 Å². The van der Waals surface area contributed by atoms with Crippen LogP contribution in [0, 0.1) is 5.41 Å². The molecule has 0 atom stereocenters. The summed E-state index contributed by atoms with van der Waals surface area (Å²) in [6.07, 6.45) is 3.90. The number of aromatic nitrogens is 2. The van der Waals surface area contributed by atoms with Crippen LogP contribution >= 0.6 is 11.6 Å². The lowest BCUT2D eigenvalue weighted by molar-refractivity contribution is -0.120. The van der Waals surface area contributed by atoms with Crippen LogP contribution in [0.3, 0.4) is 0 Å². The number of carbonyl (C=O) groups excluding carboxylic acids is 2. The smallest absolute Gasteiger partial charge is 0.280 e. The lowest BCUT2D eigenvalue weighted by Crippen LogP contribution is -2.41. The second-order valence-electron chi connectivity index (χ2n) is 5.69. The number of guanidine groups is 1. The van der Waals surface area contributed by atoms with Crippen LogP contribution in [-0.4, -0.2) is 47.4 Å². The van der Waals surface area contributed by atoms with E-state index in [0.29, 0.717) is 26.1 Å². The van der Waals surface area contributed by atoms with E-state index in [-0.39, 0.29) is 34.3 Å². The highest BCUT2D eigenvalue weighted by atomic mass is 35.5. The van der Waals surface area contributed by atoms with E-state index in [1.807, 2.05) is 0 Å². The molecule has 1 aromatic rings. The molecule has 0 aliphatic rings. The SMILES string of the molecule is N=C(NCCCCCCNC(=O)CCN)NC(=O)c1nc(Cl)c(N)nc1N. The lowest BCUT2D eigenvalue weighted by atomic mass is 10.2. The van der Waals surface area contributed by atoms with Crippen molar-refractivity contribution in [3.63, 3.8) is 0 Å². The topological polar surface area (TPSA) is 198 Å². The molecule has 27 heavy (non-hydrogen) atoms. The minimum atomic E-state index is -0.701. The number of nitrogens with zero attached hydrogens (tertiary/aromatic N) is 2. The number of nitrogens with one attached hydrogen (secondary N) is 4. The third-order valence-electron chi connectivity index (χ3n) is 3.46. The number of amides is 2. The minimum Gasteiger partial charge on any atom is -0.382 e. The summed E-state index contributed by atoms with van der Waals surface area (Å²) >= 11 is 5.72. The molecule has 0 saturated heterocycles. The molecule has 0 radical (unpaired) electrons. The summed E-state index contributed by atoms with van der Waals surface area (Å²) in [4.78, 5) is 30.7. The number of hydrogen-bond acceptors (Lipinski definition) is 8. The predicted molar refractivity (Wildman–Crippen MR) is 104 cm³/mol. The van der Waals surface area contributed by atoms with Crippen LogP contribution in [0.1, 0.15) is 42.6 Å². The summed E-state index contributed by atoms with van der Waals surface area (Å²) in [5.41, 5.74) is 16.1. The second kappa shape index (κ2) is 11.9. The maximum absolute atomic E-state index is 12.0. The van der Waals surface area contributed by atoms with E-state index in [4.69, 9.17) is 34.2 Å². The van der Waals surface area contributed by atoms with Gasteiger partial charge in [-0.1, -0.05) is 24.4 Å². The molecule has 150 valence electrons. The number of halogens is 1. The molecule has 1 rings (SSSR count). The van der Waals surface area contributed by atoms with Crippen LogP contribution in [-0.2, 0) is 4.79 Å². The van der Waals surface area contributed by atoms with Gasteiger partial charge in [-0.25, -0.2) is 9.97 Å². The minimum absolute atomic E-state index is 0.0314. The summed E-state index contributed by atoms with van der Waals surface area (Å²) < 4.78 is 0. The highest BCUT2D eigenvalue weighted by Crippen LogP contribution is 2.17. The van der Waals surface area contributed by atoms with Crippen molar-refractivity contribution in [1.82, 2.24) is 25.9 Å². The van der Waals surface area contributed by atoms with E-state index in [1.165, 1.54) is 0 Å². The molecule has 0 saturated carbocycles. The average molecular weight is 400 g/mol. The van der Waals surface area contributed by atoms with Crippen molar-refractivity contribution in [3.05, 3.63) is 10.8 Å². The van der Waals surface area contributed by atoms with E-state index < -0.39 is 5.91 Å². The Balaban J connectivity index is 2.18. The Kier molecular flexibility index (Phi) is 9.83. The molecule has 0 aliphatic carbocycles. The van der Waals surface area contributed by atoms with Crippen molar-refractivity contribution in [1.29, 1.82) is 5.41 Å². The third-order valence-corrected chi connectivity index (χ3v) is 3.74. The van der Waals surface area contributed by atoms with Crippen molar-refractivity contribution in [2.45, 2.75) is 32.1 Å². The summed E-state index contributed by atoms with van der Waals surface area (Å²) in [7, 11) is 0. The highest BCUT2D eigenvalue weighted by Gasteiger charge is 2.16. The maximum Gasteiger partial charge on any atom is 0.280 e. The molecule has 0 spiro atoms. The zero-order chi connectivity index (χ0) is 20.2. The number of nitrogen functional groups attached to an aromatic ring is 2. The zero-order valence-electron chi connectivity index (χ0n) is 15.0. The first-order valence-corrected chi connectivity index (χ1v) is 8.92. The molecule has 0 fully saturated rings. The number of nitrogens with two attached hydrogens (primary N) is 3. The Morgan fingerprint density at radius 3 is 2.26 bits per heavy atom. The molecule has 11 nitrogen and oxygen atoms in total. The van der Waals surface area contributed by atoms with Gasteiger partial charge in [-0.3, -0.25) is 20.3 Å². The Morgan fingerprint density at radius 2 is 1.63 bits per heavy atom. The van der Waals surface area contributed by atoms with Crippen LogP contribution in [0.25, 0.3) is 0 Å². The molecule has 0 bridgehead atoms. The normalized spacial score (nSPS) is 10.3. The summed E-state index contributed by atoms with van der Waals surface area (Å²) in [6.45, 7) is 1.50. The number of anilines is 2. The Hall–Kier alpha value is -2.66. The fourth-order valence-corrected chi connectivity index (χ4v) is 2.22. The number of carbonyl (C=O) groups is 2. The van der Waals surface area contributed by atoms with Crippen molar-refractivity contribution < 1.29 is 9.59 Å². The van der Waals surface area contributed by atoms with Gasteiger partial charge in [0.2, 0.25) is 5.91 Å². The molecular formula is C15H26ClN9O2. The van der Waals surface area contributed by atoms with E-state index >= 15 is 0 Å². The first kappa shape index (κ1) is 22.4. The number of unbranched alkanes of at least 4 members (excludes halogenated alkanes) is 3. The standard InChI is InChI=1S/C15H26ClN9O2/c16-11-13(19)24-12(18)10(23-11)14(27)25-15(20)22-8-4-2-1-3-7-21-9(26)5-6-17/h1-8,17H2,(H,21,26)(H4,18,19,24)(H3,20,22,25,27). The van der Waals surface area contributed by atoms with Crippen LogP contribution in [0.5, 0.6) is 0 Å². The van der Waals surface area contributed by atoms with Gasteiger partial charge in [-0.2, -0.15) is 0 Å². The molecule has 12 heteroatoms. The first-order chi connectivity index (χ1) is 12.8. The second-order valence-corrected chi connectivity index (χ2v) is 6.05. The van der Waals surface area contributed by atoms with Gasteiger partial charge in [0.1, 0.15) is 0 Å². The Morgan fingerprint density at radius 1 is 1.00 bits per heavy atom. The first-order valence-electron chi connectivity index (χ1n) is 8.54. The van der Waals surface area contributed by atoms with Gasteiger partial charge >= 0.3 is 0 Å². The zero-order valence-corrected chi connectivity index (χ0v) is 15.7. The summed E-state index contributed by atoms with van der Waals surface area (Å²) in [5, 5.41) is 15.5. The van der Waals surface area contributed by atoms with Gasteiger partial charge in [0.15, 0.2) is 28.4 Å². The molecule has 0 aromatic carbocycles. The lowest BCUT2D eigenvalue weighted by Gasteiger charge is -2.10.